The first kappa shape index (κ1) is 20.1. The van der Waals surface area contributed by atoms with Crippen LogP contribution in [0.15, 0.2) is 45.7 Å². The minimum Gasteiger partial charge on any atom is -0.339 e. The first-order valence-corrected chi connectivity index (χ1v) is 10.5. The summed E-state index contributed by atoms with van der Waals surface area (Å²) in [5.41, 5.74) is 5.71. The fraction of sp³-hybridized carbons (Fsp3) is 0.292. The molecule has 1 saturated heterocycles. The highest BCUT2D eigenvalue weighted by molar-refractivity contribution is 5.96. The fourth-order valence-electron chi connectivity index (χ4n) is 4.15. The lowest BCUT2D eigenvalue weighted by atomic mass is 10.1. The average molecular weight is 429 g/mol. The molecule has 2 aromatic carbocycles. The molecule has 1 unspecified atom stereocenters. The van der Waals surface area contributed by atoms with Gasteiger partial charge in [-0.15, -0.1) is 0 Å². The summed E-state index contributed by atoms with van der Waals surface area (Å²) in [7, 11) is 1.73. The van der Waals surface area contributed by atoms with Crippen LogP contribution in [0.5, 0.6) is 0 Å². The van der Waals surface area contributed by atoms with Crippen molar-refractivity contribution in [1.82, 2.24) is 19.7 Å². The molecule has 0 saturated carbocycles. The standard InChI is InChI=1S/C24H23N5O3/c1-13-5-7-18(9-14(13)2)29-12-17(11-21(29)30)23-26-22(27-32-23)16-6-8-20-19(10-16)25-15(3)24(31)28(20)4/h5-10,17H,11-12H2,1-4H3. The summed E-state index contributed by atoms with van der Waals surface area (Å²) in [6.07, 6.45) is 0.329. The van der Waals surface area contributed by atoms with E-state index in [1.165, 1.54) is 5.56 Å². The zero-order chi connectivity index (χ0) is 22.6. The van der Waals surface area contributed by atoms with Crippen LogP contribution in [0.2, 0.25) is 0 Å². The van der Waals surface area contributed by atoms with Crippen molar-refractivity contribution in [3.63, 3.8) is 0 Å². The largest absolute Gasteiger partial charge is 0.339 e. The SMILES string of the molecule is Cc1ccc(N2CC(c3nc(-c4ccc5c(c4)nc(C)c(=O)n5C)no3)CC2=O)cc1C. The number of amides is 1. The molecule has 0 radical (unpaired) electrons. The van der Waals surface area contributed by atoms with Crippen molar-refractivity contribution >= 4 is 22.6 Å². The van der Waals surface area contributed by atoms with Gasteiger partial charge in [0.05, 0.1) is 17.0 Å². The minimum atomic E-state index is -0.160. The van der Waals surface area contributed by atoms with Gasteiger partial charge in [-0.1, -0.05) is 11.2 Å². The van der Waals surface area contributed by atoms with Crippen LogP contribution in [0.3, 0.4) is 0 Å². The van der Waals surface area contributed by atoms with Crippen molar-refractivity contribution in [3.8, 4) is 11.4 Å². The first-order chi connectivity index (χ1) is 15.3. The van der Waals surface area contributed by atoms with E-state index in [-0.39, 0.29) is 17.4 Å². The summed E-state index contributed by atoms with van der Waals surface area (Å²) in [6.45, 7) is 6.29. The molecule has 162 valence electrons. The molecule has 3 heterocycles. The van der Waals surface area contributed by atoms with Gasteiger partial charge in [0.1, 0.15) is 5.69 Å². The van der Waals surface area contributed by atoms with Gasteiger partial charge in [-0.2, -0.15) is 4.98 Å². The number of hydrogen-bond acceptors (Lipinski definition) is 6. The number of aromatic nitrogens is 4. The van der Waals surface area contributed by atoms with Crippen LogP contribution < -0.4 is 10.5 Å². The Balaban J connectivity index is 1.42. The van der Waals surface area contributed by atoms with Gasteiger partial charge in [0.15, 0.2) is 0 Å². The van der Waals surface area contributed by atoms with Crippen LogP contribution in [-0.2, 0) is 11.8 Å². The second-order valence-electron chi connectivity index (χ2n) is 8.40. The molecular weight excluding hydrogens is 406 g/mol. The lowest BCUT2D eigenvalue weighted by Gasteiger charge is -2.17. The summed E-state index contributed by atoms with van der Waals surface area (Å²) >= 11 is 0. The van der Waals surface area contributed by atoms with Gasteiger partial charge >= 0.3 is 0 Å². The summed E-state index contributed by atoms with van der Waals surface area (Å²) in [6, 6.07) is 11.5. The van der Waals surface area contributed by atoms with E-state index in [4.69, 9.17) is 4.52 Å². The van der Waals surface area contributed by atoms with Crippen LogP contribution in [0.4, 0.5) is 5.69 Å². The molecule has 1 aliphatic heterocycles. The van der Waals surface area contributed by atoms with Crippen molar-refractivity contribution in [2.75, 3.05) is 11.4 Å². The van der Waals surface area contributed by atoms with Gasteiger partial charge in [0, 0.05) is 31.3 Å². The number of anilines is 1. The molecule has 1 aliphatic rings. The predicted octanol–water partition coefficient (Wildman–Crippen LogP) is 3.43. The lowest BCUT2D eigenvalue weighted by molar-refractivity contribution is -0.117. The van der Waals surface area contributed by atoms with E-state index in [9.17, 15) is 9.59 Å². The van der Waals surface area contributed by atoms with E-state index >= 15 is 0 Å². The Bertz CT molecular complexity index is 1440. The normalized spacial score (nSPS) is 16.3. The number of nitrogens with zero attached hydrogens (tertiary/aromatic N) is 5. The zero-order valence-electron chi connectivity index (χ0n) is 18.4. The molecule has 1 atom stereocenters. The molecular formula is C24H23N5O3. The molecule has 5 rings (SSSR count). The molecule has 1 fully saturated rings. The Kier molecular flexibility index (Phi) is 4.65. The van der Waals surface area contributed by atoms with Crippen LogP contribution >= 0.6 is 0 Å². The molecule has 8 nitrogen and oxygen atoms in total. The second-order valence-corrected chi connectivity index (χ2v) is 8.40. The molecule has 8 heteroatoms. The maximum atomic E-state index is 12.7. The van der Waals surface area contributed by atoms with E-state index in [0.29, 0.717) is 35.9 Å². The van der Waals surface area contributed by atoms with Gasteiger partial charge in [0.25, 0.3) is 5.56 Å². The molecule has 32 heavy (non-hydrogen) atoms. The molecule has 0 bridgehead atoms. The Labute approximate surface area is 184 Å². The molecule has 1 amide bonds. The van der Waals surface area contributed by atoms with E-state index in [2.05, 4.69) is 22.0 Å². The van der Waals surface area contributed by atoms with Crippen LogP contribution in [0, 0.1) is 20.8 Å². The fourth-order valence-corrected chi connectivity index (χ4v) is 4.15. The molecule has 2 aromatic heterocycles. The van der Waals surface area contributed by atoms with Gasteiger partial charge in [-0.05, 0) is 62.2 Å². The van der Waals surface area contributed by atoms with Gasteiger partial charge in [0.2, 0.25) is 17.6 Å². The van der Waals surface area contributed by atoms with Gasteiger partial charge in [-0.25, -0.2) is 4.98 Å². The minimum absolute atomic E-state index is 0.0456. The Morgan fingerprint density at radius 3 is 2.59 bits per heavy atom. The van der Waals surface area contributed by atoms with Crippen molar-refractivity contribution in [3.05, 3.63) is 69.5 Å². The van der Waals surface area contributed by atoms with Gasteiger partial charge < -0.3 is 14.0 Å². The van der Waals surface area contributed by atoms with Crippen LogP contribution in [0.1, 0.15) is 35.1 Å². The third-order valence-electron chi connectivity index (χ3n) is 6.22. The zero-order valence-corrected chi connectivity index (χ0v) is 18.4. The molecule has 0 aliphatic carbocycles. The number of fused-ring (bicyclic) bond motifs is 1. The number of benzene rings is 2. The third-order valence-corrected chi connectivity index (χ3v) is 6.22. The number of carbonyl (C=O) groups is 1. The van der Waals surface area contributed by atoms with Gasteiger partial charge in [-0.3, -0.25) is 9.59 Å². The van der Waals surface area contributed by atoms with E-state index in [1.54, 1.807) is 23.4 Å². The number of rotatable bonds is 3. The predicted molar refractivity (Wildman–Crippen MR) is 121 cm³/mol. The summed E-state index contributed by atoms with van der Waals surface area (Å²) < 4.78 is 7.12. The van der Waals surface area contributed by atoms with E-state index < -0.39 is 0 Å². The smallest absolute Gasteiger partial charge is 0.272 e. The lowest BCUT2D eigenvalue weighted by Crippen LogP contribution is -2.24. The summed E-state index contributed by atoms with van der Waals surface area (Å²) in [4.78, 5) is 35.5. The Morgan fingerprint density at radius 2 is 1.81 bits per heavy atom. The number of carbonyl (C=O) groups excluding carboxylic acids is 1. The number of aryl methyl sites for hydroxylation is 4. The topological polar surface area (TPSA) is 94.1 Å². The monoisotopic (exact) mass is 429 g/mol. The molecule has 4 aromatic rings. The van der Waals surface area contributed by atoms with Crippen molar-refractivity contribution in [2.45, 2.75) is 33.1 Å². The third kappa shape index (κ3) is 3.28. The average Bonchev–Trinajstić information content (AvgIpc) is 3.41. The highest BCUT2D eigenvalue weighted by Gasteiger charge is 2.35. The molecule has 0 spiro atoms. The highest BCUT2D eigenvalue weighted by Crippen LogP contribution is 2.33. The van der Waals surface area contributed by atoms with E-state index in [0.717, 1.165) is 22.3 Å². The number of hydrogen-bond donors (Lipinski definition) is 0. The van der Waals surface area contributed by atoms with Crippen molar-refractivity contribution in [1.29, 1.82) is 0 Å². The Hall–Kier alpha value is -3.81. The maximum Gasteiger partial charge on any atom is 0.272 e. The highest BCUT2D eigenvalue weighted by atomic mass is 16.5. The Morgan fingerprint density at radius 1 is 1.00 bits per heavy atom. The van der Waals surface area contributed by atoms with Crippen LogP contribution in [0.25, 0.3) is 22.4 Å². The quantitative estimate of drug-likeness (QED) is 0.495. The maximum absolute atomic E-state index is 12.7. The van der Waals surface area contributed by atoms with Crippen molar-refractivity contribution in [2.24, 2.45) is 7.05 Å². The molecule has 0 N–H and O–H groups in total. The second kappa shape index (κ2) is 7.40. The summed E-state index contributed by atoms with van der Waals surface area (Å²) in [5, 5.41) is 4.14. The van der Waals surface area contributed by atoms with E-state index in [1.807, 2.05) is 43.3 Å². The van der Waals surface area contributed by atoms with Crippen LogP contribution in [-0.4, -0.2) is 32.1 Å². The summed E-state index contributed by atoms with van der Waals surface area (Å²) in [5.74, 6) is 0.771. The first-order valence-electron chi connectivity index (χ1n) is 10.5. The van der Waals surface area contributed by atoms with Crippen molar-refractivity contribution < 1.29 is 9.32 Å².